The molecule has 1 fully saturated rings. The van der Waals surface area contributed by atoms with E-state index in [4.69, 9.17) is 18.4 Å². The van der Waals surface area contributed by atoms with Crippen molar-refractivity contribution in [2.45, 2.75) is 45.7 Å². The average Bonchev–Trinajstić information content (AvgIpc) is 2.86. The van der Waals surface area contributed by atoms with E-state index < -0.39 is 78.8 Å². The van der Waals surface area contributed by atoms with Gasteiger partial charge in [-0.2, -0.15) is 0 Å². The van der Waals surface area contributed by atoms with E-state index in [1.54, 1.807) is 0 Å². The summed E-state index contributed by atoms with van der Waals surface area (Å²) in [6, 6.07) is -0.856. The Morgan fingerprint density at radius 1 is 1.23 bits per heavy atom. The minimum Gasteiger partial charge on any atom is -0.493 e. The highest BCUT2D eigenvalue weighted by atomic mass is 19.1. The average molecular weight is 438 g/mol. The summed E-state index contributed by atoms with van der Waals surface area (Å²) >= 11 is 0. The van der Waals surface area contributed by atoms with Crippen molar-refractivity contribution in [3.05, 3.63) is 65.4 Å². The molecule has 3 rings (SSSR count). The Morgan fingerprint density at radius 2 is 1.87 bits per heavy atom. The molecule has 6 heteroatoms. The van der Waals surface area contributed by atoms with Gasteiger partial charge in [-0.25, -0.2) is 9.18 Å². The van der Waals surface area contributed by atoms with E-state index in [-0.39, 0.29) is 5.56 Å². The van der Waals surface area contributed by atoms with E-state index in [9.17, 15) is 9.18 Å². The van der Waals surface area contributed by atoms with Crippen LogP contribution >= 0.6 is 0 Å². The van der Waals surface area contributed by atoms with Gasteiger partial charge in [0, 0.05) is 19.0 Å². The second-order valence-corrected chi connectivity index (χ2v) is 7.66. The van der Waals surface area contributed by atoms with Gasteiger partial charge in [-0.3, -0.25) is 0 Å². The van der Waals surface area contributed by atoms with Crippen LogP contribution in [-0.4, -0.2) is 48.6 Å². The predicted molar refractivity (Wildman–Crippen MR) is 121 cm³/mol. The number of carbonyl (C=O) groups excluding carboxylic acids is 1. The van der Waals surface area contributed by atoms with Crippen molar-refractivity contribution in [1.29, 1.82) is 0 Å². The minimum atomic E-state index is -3.02. The minimum absolute atomic E-state index is 0.0429. The lowest BCUT2D eigenvalue weighted by atomic mass is 10.0. The van der Waals surface area contributed by atoms with E-state index >= 15 is 0 Å². The number of hydrogen-bond donors (Lipinski definition) is 1. The van der Waals surface area contributed by atoms with Crippen LogP contribution in [0.4, 0.5) is 9.18 Å². The lowest BCUT2D eigenvalue weighted by molar-refractivity contribution is 0.127. The SMILES string of the molecule is [2H]c1c([2H])c(C([2H])([2H])NC(=O)N(C2CCN(C)CC2)C([2H])([2H])c2ccc(F)cc2)c([2H])c([2H])c1OC([2H])([2H])C(C)C. The molecule has 0 aromatic heterocycles. The highest BCUT2D eigenvalue weighted by molar-refractivity contribution is 5.74. The molecule has 31 heavy (non-hydrogen) atoms. The zero-order valence-corrected chi connectivity index (χ0v) is 17.9. The number of hydrogen-bond acceptors (Lipinski definition) is 3. The number of benzene rings is 2. The number of carbonyl (C=O) groups is 1. The van der Waals surface area contributed by atoms with E-state index in [0.717, 1.165) is 17.0 Å². The first kappa shape index (κ1) is 13.1. The molecule has 1 N–H and O–H groups in total. The number of amides is 2. The van der Waals surface area contributed by atoms with Crippen molar-refractivity contribution >= 4 is 6.03 Å². The summed E-state index contributed by atoms with van der Waals surface area (Å²) in [5, 5.41) is 2.06. The van der Waals surface area contributed by atoms with Crippen molar-refractivity contribution in [3.8, 4) is 5.75 Å². The fourth-order valence-electron chi connectivity index (χ4n) is 2.99. The highest BCUT2D eigenvalue weighted by Crippen LogP contribution is 2.19. The topological polar surface area (TPSA) is 44.8 Å². The molecule has 2 amide bonds. The molecule has 2 aromatic rings. The largest absolute Gasteiger partial charge is 0.493 e. The first-order chi connectivity index (χ1) is 18.8. The molecule has 5 nitrogen and oxygen atoms in total. The van der Waals surface area contributed by atoms with Gasteiger partial charge in [0.2, 0.25) is 0 Å². The predicted octanol–water partition coefficient (Wildman–Crippen LogP) is 4.67. The second-order valence-electron chi connectivity index (χ2n) is 7.66. The summed E-state index contributed by atoms with van der Waals surface area (Å²) in [5.41, 5.74) is -0.873. The van der Waals surface area contributed by atoms with Gasteiger partial charge in [-0.05, 0) is 74.2 Å². The van der Waals surface area contributed by atoms with Gasteiger partial charge in [0.15, 0.2) is 0 Å². The van der Waals surface area contributed by atoms with Crippen LogP contribution in [0, 0.1) is 11.7 Å². The van der Waals surface area contributed by atoms with E-state index in [1.165, 1.54) is 26.0 Å². The molecule has 0 spiro atoms. The third kappa shape index (κ3) is 7.24. The summed E-state index contributed by atoms with van der Waals surface area (Å²) in [4.78, 5) is 16.5. The normalized spacial score (nSPS) is 21.2. The van der Waals surface area contributed by atoms with Crippen molar-refractivity contribution in [2.75, 3.05) is 26.7 Å². The first-order valence-corrected chi connectivity index (χ1v) is 10.2. The molecular weight excluding hydrogens is 393 g/mol. The Balaban J connectivity index is 2.04. The smallest absolute Gasteiger partial charge is 0.318 e. The third-order valence-corrected chi connectivity index (χ3v) is 4.66. The van der Waals surface area contributed by atoms with Crippen LogP contribution in [-0.2, 0) is 13.0 Å². The molecular formula is C25H34FN3O2. The van der Waals surface area contributed by atoms with Gasteiger partial charge in [-0.15, -0.1) is 0 Å². The molecule has 1 aliphatic rings. The van der Waals surface area contributed by atoms with Crippen LogP contribution in [0.2, 0.25) is 0 Å². The molecule has 0 aliphatic carbocycles. The molecule has 0 bridgehead atoms. The monoisotopic (exact) mass is 437 g/mol. The maximum Gasteiger partial charge on any atom is 0.318 e. The number of halogens is 1. The van der Waals surface area contributed by atoms with Gasteiger partial charge in [0.1, 0.15) is 11.6 Å². The van der Waals surface area contributed by atoms with Crippen molar-refractivity contribution in [2.24, 2.45) is 5.92 Å². The highest BCUT2D eigenvalue weighted by Gasteiger charge is 2.27. The summed E-state index contributed by atoms with van der Waals surface area (Å²) in [7, 11) is 1.87. The fourth-order valence-corrected chi connectivity index (χ4v) is 2.99. The number of likely N-dealkylation sites (tertiary alicyclic amines) is 1. The Hall–Kier alpha value is -2.60. The van der Waals surface area contributed by atoms with Gasteiger partial charge >= 0.3 is 6.03 Å². The van der Waals surface area contributed by atoms with Crippen molar-refractivity contribution < 1.29 is 27.6 Å². The van der Waals surface area contributed by atoms with Crippen molar-refractivity contribution in [3.63, 3.8) is 0 Å². The Labute approximate surface area is 199 Å². The molecule has 0 unspecified atom stereocenters. The quantitative estimate of drug-likeness (QED) is 0.653. The maximum atomic E-state index is 13.7. The van der Waals surface area contributed by atoms with E-state index in [2.05, 4.69) is 5.32 Å². The first-order valence-electron chi connectivity index (χ1n) is 15.2. The third-order valence-electron chi connectivity index (χ3n) is 4.66. The van der Waals surface area contributed by atoms with Crippen LogP contribution < -0.4 is 10.1 Å². The maximum absolute atomic E-state index is 13.7. The summed E-state index contributed by atoms with van der Waals surface area (Å²) < 4.78 is 103. The molecule has 2 aromatic carbocycles. The van der Waals surface area contributed by atoms with E-state index in [0.29, 0.717) is 25.9 Å². The zero-order chi connectivity index (χ0) is 31.1. The van der Waals surface area contributed by atoms with Crippen molar-refractivity contribution in [1.82, 2.24) is 15.1 Å². The molecule has 0 saturated carbocycles. The zero-order valence-electron chi connectivity index (χ0n) is 27.9. The van der Waals surface area contributed by atoms with Gasteiger partial charge in [0.25, 0.3) is 0 Å². The molecule has 1 saturated heterocycles. The Morgan fingerprint density at radius 3 is 2.48 bits per heavy atom. The molecule has 0 atom stereocenters. The lowest BCUT2D eigenvalue weighted by Gasteiger charge is -2.37. The molecule has 0 radical (unpaired) electrons. The van der Waals surface area contributed by atoms with Crippen LogP contribution in [0.15, 0.2) is 48.4 Å². The van der Waals surface area contributed by atoms with Gasteiger partial charge in [-0.1, -0.05) is 38.1 Å². The summed E-state index contributed by atoms with van der Waals surface area (Å²) in [5.74, 6) is -2.02. The van der Waals surface area contributed by atoms with Crippen LogP contribution in [0.3, 0.4) is 0 Å². The number of urea groups is 1. The number of rotatable bonds is 8. The molecule has 1 heterocycles. The van der Waals surface area contributed by atoms with Gasteiger partial charge < -0.3 is 19.9 Å². The number of ether oxygens (including phenoxy) is 1. The van der Waals surface area contributed by atoms with Crippen LogP contribution in [0.25, 0.3) is 0 Å². The number of nitrogens with zero attached hydrogens (tertiary/aromatic N) is 2. The Kier molecular flexibility index (Phi) is 4.70. The Bertz CT molecular complexity index is 1240. The fraction of sp³-hybridized carbons (Fsp3) is 0.480. The van der Waals surface area contributed by atoms with Crippen LogP contribution in [0.1, 0.15) is 51.5 Å². The number of piperidine rings is 1. The number of nitrogens with one attached hydrogen (secondary N) is 1. The second kappa shape index (κ2) is 11.1. The summed E-state index contributed by atoms with van der Waals surface area (Å²) in [6.07, 6.45) is 0.720. The molecule has 1 aliphatic heterocycles. The summed E-state index contributed by atoms with van der Waals surface area (Å²) in [6.45, 7) is -3.81. The standard InChI is InChI=1S/C25H34FN3O2/c1-19(2)18-31-24-10-6-20(7-11-24)16-27-25(30)29(23-12-14-28(3)15-13-23)17-21-4-8-22(26)9-5-21/h4-11,19,23H,12-18H2,1-3H3,(H,27,30)/i6D,7D,10D,11D,16D2,17D2,18D2. The molecule has 168 valence electrons. The van der Waals surface area contributed by atoms with E-state index in [1.807, 2.05) is 11.9 Å². The van der Waals surface area contributed by atoms with Crippen LogP contribution in [0.5, 0.6) is 5.75 Å². The lowest BCUT2D eigenvalue weighted by Crippen LogP contribution is -2.49. The van der Waals surface area contributed by atoms with Gasteiger partial charge in [0.05, 0.1) is 20.3 Å².